The summed E-state index contributed by atoms with van der Waals surface area (Å²) in [5.74, 6) is -1.89. The third kappa shape index (κ3) is 5.14. The summed E-state index contributed by atoms with van der Waals surface area (Å²) in [6.07, 6.45) is 1.69. The van der Waals surface area contributed by atoms with E-state index in [0.29, 0.717) is 6.54 Å². The van der Waals surface area contributed by atoms with Gasteiger partial charge in [-0.1, -0.05) is 0 Å². The van der Waals surface area contributed by atoms with E-state index in [1.807, 2.05) is 0 Å². The van der Waals surface area contributed by atoms with E-state index in [1.54, 1.807) is 21.0 Å². The summed E-state index contributed by atoms with van der Waals surface area (Å²) in [4.78, 5) is 35.6. The number of amides is 2. The molecule has 0 heterocycles. The lowest BCUT2D eigenvalue weighted by Crippen LogP contribution is -2.39. The summed E-state index contributed by atoms with van der Waals surface area (Å²) in [7, 11) is 3.18. The van der Waals surface area contributed by atoms with Crippen molar-refractivity contribution in [3.05, 3.63) is 12.2 Å². The van der Waals surface area contributed by atoms with Crippen molar-refractivity contribution in [3.8, 4) is 0 Å². The van der Waals surface area contributed by atoms with Crippen LogP contribution in [0.25, 0.3) is 0 Å². The minimum Gasteiger partial charge on any atom is -0.478 e. The van der Waals surface area contributed by atoms with E-state index >= 15 is 0 Å². The van der Waals surface area contributed by atoms with Gasteiger partial charge in [0.25, 0.3) is 0 Å². The molecular formula is C10H16N2O4. The van der Waals surface area contributed by atoms with Gasteiger partial charge in [0.2, 0.25) is 11.8 Å². The molecule has 0 aromatic rings. The lowest BCUT2D eigenvalue weighted by molar-refractivity contribution is -0.136. The van der Waals surface area contributed by atoms with Gasteiger partial charge in [0, 0.05) is 32.8 Å². The maximum atomic E-state index is 11.4. The molecule has 6 nitrogen and oxygen atoms in total. The number of likely N-dealkylation sites (N-methyl/N-ethyl adjacent to an activating group) is 2. The number of carbonyl (C=O) groups is 3. The van der Waals surface area contributed by atoms with E-state index in [9.17, 15) is 14.4 Å². The zero-order valence-electron chi connectivity index (χ0n) is 9.64. The van der Waals surface area contributed by atoms with Crippen molar-refractivity contribution in [2.45, 2.75) is 6.92 Å². The van der Waals surface area contributed by atoms with Crippen LogP contribution in [-0.4, -0.2) is 59.9 Å². The Bertz CT molecular complexity index is 310. The number of carboxylic acid groups (broad SMARTS) is 1. The van der Waals surface area contributed by atoms with Crippen LogP contribution < -0.4 is 0 Å². The number of hydrogen-bond donors (Lipinski definition) is 1. The van der Waals surface area contributed by atoms with Crippen molar-refractivity contribution in [2.24, 2.45) is 0 Å². The zero-order valence-corrected chi connectivity index (χ0v) is 9.64. The Morgan fingerprint density at radius 2 is 1.75 bits per heavy atom. The van der Waals surface area contributed by atoms with Gasteiger partial charge in [0.05, 0.1) is 6.54 Å². The largest absolute Gasteiger partial charge is 0.478 e. The molecule has 0 aliphatic heterocycles. The molecule has 0 unspecified atom stereocenters. The number of carboxylic acids is 1. The van der Waals surface area contributed by atoms with Crippen molar-refractivity contribution in [2.75, 3.05) is 27.2 Å². The summed E-state index contributed by atoms with van der Waals surface area (Å²) in [5.41, 5.74) is 0. The highest BCUT2D eigenvalue weighted by Crippen LogP contribution is 1.93. The second-order valence-electron chi connectivity index (χ2n) is 3.31. The van der Waals surface area contributed by atoms with Crippen molar-refractivity contribution in [3.63, 3.8) is 0 Å². The first kappa shape index (κ1) is 14.2. The number of hydrogen-bond acceptors (Lipinski definition) is 3. The Hall–Kier alpha value is -1.85. The van der Waals surface area contributed by atoms with E-state index in [1.165, 1.54) is 9.80 Å². The third-order valence-electron chi connectivity index (χ3n) is 1.89. The predicted molar refractivity (Wildman–Crippen MR) is 57.7 cm³/mol. The molecule has 0 bridgehead atoms. The second kappa shape index (κ2) is 6.60. The Kier molecular flexibility index (Phi) is 5.84. The van der Waals surface area contributed by atoms with Crippen molar-refractivity contribution >= 4 is 17.8 Å². The maximum Gasteiger partial charge on any atom is 0.328 e. The van der Waals surface area contributed by atoms with Gasteiger partial charge in [-0.3, -0.25) is 9.59 Å². The molecule has 0 aliphatic rings. The SMILES string of the molecule is CCN(CC(=O)N(C)C)C(=O)/C=C/C(=O)O. The van der Waals surface area contributed by atoms with Gasteiger partial charge >= 0.3 is 5.97 Å². The van der Waals surface area contributed by atoms with Crippen LogP contribution in [0.1, 0.15) is 6.92 Å². The second-order valence-corrected chi connectivity index (χ2v) is 3.31. The molecule has 0 atom stereocenters. The Morgan fingerprint density at radius 3 is 2.12 bits per heavy atom. The molecule has 0 fully saturated rings. The van der Waals surface area contributed by atoms with Crippen LogP contribution in [0.15, 0.2) is 12.2 Å². The normalized spacial score (nSPS) is 10.2. The molecule has 0 aliphatic carbocycles. The highest BCUT2D eigenvalue weighted by Gasteiger charge is 2.14. The van der Waals surface area contributed by atoms with Crippen LogP contribution in [-0.2, 0) is 14.4 Å². The average molecular weight is 228 g/mol. The zero-order chi connectivity index (χ0) is 12.7. The van der Waals surface area contributed by atoms with Crippen LogP contribution in [0, 0.1) is 0 Å². The van der Waals surface area contributed by atoms with Gasteiger partial charge in [-0.05, 0) is 6.92 Å². The van der Waals surface area contributed by atoms with Gasteiger partial charge in [0.1, 0.15) is 0 Å². The Labute approximate surface area is 94.1 Å². The van der Waals surface area contributed by atoms with Crippen LogP contribution in [0.4, 0.5) is 0 Å². The summed E-state index contributed by atoms with van der Waals surface area (Å²) in [6, 6.07) is 0. The Morgan fingerprint density at radius 1 is 1.19 bits per heavy atom. The first-order valence-corrected chi connectivity index (χ1v) is 4.78. The lowest BCUT2D eigenvalue weighted by atomic mass is 10.4. The number of nitrogens with zero attached hydrogens (tertiary/aromatic N) is 2. The van der Waals surface area contributed by atoms with Gasteiger partial charge in [-0.25, -0.2) is 4.79 Å². The van der Waals surface area contributed by atoms with Crippen molar-refractivity contribution in [1.82, 2.24) is 9.80 Å². The Balaban J connectivity index is 4.44. The molecule has 0 spiro atoms. The van der Waals surface area contributed by atoms with Gasteiger partial charge in [0.15, 0.2) is 0 Å². The lowest BCUT2D eigenvalue weighted by Gasteiger charge is -2.20. The fourth-order valence-electron chi connectivity index (χ4n) is 0.898. The average Bonchev–Trinajstić information content (AvgIpc) is 2.21. The predicted octanol–water partition coefficient (Wildman–Crippen LogP) is -0.436. The molecule has 2 amide bonds. The monoisotopic (exact) mass is 228 g/mol. The minimum absolute atomic E-state index is 0.0493. The molecule has 0 saturated heterocycles. The molecule has 0 rings (SSSR count). The smallest absolute Gasteiger partial charge is 0.328 e. The fourth-order valence-corrected chi connectivity index (χ4v) is 0.898. The molecule has 6 heteroatoms. The van der Waals surface area contributed by atoms with Crippen molar-refractivity contribution < 1.29 is 19.5 Å². The summed E-state index contributed by atoms with van der Waals surface area (Å²) < 4.78 is 0. The fraction of sp³-hybridized carbons (Fsp3) is 0.500. The number of rotatable bonds is 5. The van der Waals surface area contributed by atoms with Crippen LogP contribution in [0.3, 0.4) is 0 Å². The number of carbonyl (C=O) groups excluding carboxylic acids is 2. The summed E-state index contributed by atoms with van der Waals surface area (Å²) in [5, 5.41) is 8.35. The molecule has 16 heavy (non-hydrogen) atoms. The van der Waals surface area contributed by atoms with Gasteiger partial charge in [-0.15, -0.1) is 0 Å². The first-order valence-electron chi connectivity index (χ1n) is 4.78. The third-order valence-corrected chi connectivity index (χ3v) is 1.89. The van der Waals surface area contributed by atoms with Crippen molar-refractivity contribution in [1.29, 1.82) is 0 Å². The van der Waals surface area contributed by atoms with Gasteiger partial charge in [-0.2, -0.15) is 0 Å². The molecule has 0 aromatic heterocycles. The number of aliphatic carboxylic acids is 1. The molecule has 90 valence electrons. The van der Waals surface area contributed by atoms with E-state index in [4.69, 9.17) is 5.11 Å². The molecule has 0 radical (unpaired) electrons. The summed E-state index contributed by atoms with van der Waals surface area (Å²) in [6.45, 7) is 2.02. The molecule has 0 aromatic carbocycles. The van der Waals surface area contributed by atoms with E-state index in [2.05, 4.69) is 0 Å². The minimum atomic E-state index is -1.19. The van der Waals surface area contributed by atoms with Crippen LogP contribution >= 0.6 is 0 Å². The highest BCUT2D eigenvalue weighted by atomic mass is 16.4. The molecular weight excluding hydrogens is 212 g/mol. The topological polar surface area (TPSA) is 77.9 Å². The maximum absolute atomic E-state index is 11.4. The molecule has 1 N–H and O–H groups in total. The molecule has 0 saturated carbocycles. The summed E-state index contributed by atoms with van der Waals surface area (Å²) >= 11 is 0. The first-order chi connectivity index (χ1) is 7.38. The van der Waals surface area contributed by atoms with Crippen LogP contribution in [0.5, 0.6) is 0 Å². The quantitative estimate of drug-likeness (QED) is 0.647. The van der Waals surface area contributed by atoms with Gasteiger partial charge < -0.3 is 14.9 Å². The van der Waals surface area contributed by atoms with E-state index < -0.39 is 11.9 Å². The van der Waals surface area contributed by atoms with E-state index in [0.717, 1.165) is 12.2 Å². The highest BCUT2D eigenvalue weighted by molar-refractivity contribution is 5.95. The standard InChI is InChI=1S/C10H16N2O4/c1-4-12(7-9(14)11(2)3)8(13)5-6-10(15)16/h5-6H,4,7H2,1-3H3,(H,15,16)/b6-5+. The van der Waals surface area contributed by atoms with E-state index in [-0.39, 0.29) is 12.5 Å². The van der Waals surface area contributed by atoms with Crippen LogP contribution in [0.2, 0.25) is 0 Å².